The molecular weight excluding hydrogens is 292 g/mol. The predicted octanol–water partition coefficient (Wildman–Crippen LogP) is 3.20. The first-order valence-electron chi connectivity index (χ1n) is 7.90. The second-order valence-corrected chi connectivity index (χ2v) is 7.53. The van der Waals surface area contributed by atoms with Gasteiger partial charge in [0.2, 0.25) is 0 Å². The fourth-order valence-electron chi connectivity index (χ4n) is 3.66. The molecule has 2 aromatic rings. The number of piperidine rings is 1. The largest absolute Gasteiger partial charge is 0.348 e. The van der Waals surface area contributed by atoms with Crippen LogP contribution in [0, 0.1) is 12.8 Å². The first-order valence-corrected chi connectivity index (χ1v) is 8.72. The van der Waals surface area contributed by atoms with E-state index in [9.17, 15) is 4.79 Å². The van der Waals surface area contributed by atoms with Crippen molar-refractivity contribution >= 4 is 17.2 Å². The Hall–Kier alpha value is -1.65. The third-order valence-electron chi connectivity index (χ3n) is 4.81. The second-order valence-electron chi connectivity index (χ2n) is 6.45. The van der Waals surface area contributed by atoms with E-state index in [1.54, 1.807) is 11.3 Å². The van der Waals surface area contributed by atoms with Crippen molar-refractivity contribution in [1.82, 2.24) is 10.6 Å². The van der Waals surface area contributed by atoms with Gasteiger partial charge < -0.3 is 10.6 Å². The average molecular weight is 312 g/mol. The number of nitrogens with one attached hydrogen (secondary N) is 2. The van der Waals surface area contributed by atoms with Gasteiger partial charge in [0.05, 0.1) is 4.88 Å². The van der Waals surface area contributed by atoms with Gasteiger partial charge in [0.15, 0.2) is 0 Å². The van der Waals surface area contributed by atoms with Crippen molar-refractivity contribution in [2.24, 2.45) is 5.92 Å². The lowest BCUT2D eigenvalue weighted by atomic mass is 10.0. The summed E-state index contributed by atoms with van der Waals surface area (Å²) in [5.74, 6) is 0.701. The van der Waals surface area contributed by atoms with E-state index in [0.717, 1.165) is 22.7 Å². The molecule has 1 aromatic carbocycles. The Morgan fingerprint density at radius 1 is 1.27 bits per heavy atom. The summed E-state index contributed by atoms with van der Waals surface area (Å²) in [7, 11) is 0. The molecule has 114 valence electrons. The molecule has 2 fully saturated rings. The maximum atomic E-state index is 12.5. The van der Waals surface area contributed by atoms with Gasteiger partial charge in [-0.3, -0.25) is 4.79 Å². The van der Waals surface area contributed by atoms with E-state index in [1.165, 1.54) is 17.5 Å². The Bertz CT molecular complexity index is 709. The van der Waals surface area contributed by atoms with Crippen LogP contribution in [0.2, 0.25) is 0 Å². The average Bonchev–Trinajstić information content (AvgIpc) is 3.23. The van der Waals surface area contributed by atoms with Crippen molar-refractivity contribution in [2.45, 2.75) is 31.8 Å². The topological polar surface area (TPSA) is 41.1 Å². The summed E-state index contributed by atoms with van der Waals surface area (Å²) < 4.78 is 0. The van der Waals surface area contributed by atoms with E-state index < -0.39 is 0 Å². The van der Waals surface area contributed by atoms with Crippen LogP contribution in [0.3, 0.4) is 0 Å². The van der Waals surface area contributed by atoms with Crippen molar-refractivity contribution in [3.05, 3.63) is 46.8 Å². The van der Waals surface area contributed by atoms with Gasteiger partial charge >= 0.3 is 0 Å². The van der Waals surface area contributed by atoms with E-state index in [0.29, 0.717) is 18.0 Å². The lowest BCUT2D eigenvalue weighted by molar-refractivity contribution is 0.0929. The van der Waals surface area contributed by atoms with E-state index in [2.05, 4.69) is 47.9 Å². The number of benzene rings is 1. The van der Waals surface area contributed by atoms with Crippen LogP contribution < -0.4 is 10.6 Å². The third-order valence-corrected chi connectivity index (χ3v) is 5.95. The van der Waals surface area contributed by atoms with E-state index in [1.807, 2.05) is 6.07 Å². The quantitative estimate of drug-likeness (QED) is 0.914. The van der Waals surface area contributed by atoms with E-state index in [-0.39, 0.29) is 5.91 Å². The minimum Gasteiger partial charge on any atom is -0.348 e. The second kappa shape index (κ2) is 5.52. The monoisotopic (exact) mass is 312 g/mol. The molecule has 2 heterocycles. The van der Waals surface area contributed by atoms with Crippen LogP contribution in [-0.4, -0.2) is 24.5 Å². The molecule has 2 aliphatic rings. The van der Waals surface area contributed by atoms with Gasteiger partial charge in [0.25, 0.3) is 5.91 Å². The Kier molecular flexibility index (Phi) is 3.51. The molecule has 3 unspecified atom stereocenters. The Balaban J connectivity index is 1.48. The van der Waals surface area contributed by atoms with Crippen LogP contribution in [0.25, 0.3) is 10.4 Å². The van der Waals surface area contributed by atoms with Crippen LogP contribution in [0.4, 0.5) is 0 Å². The van der Waals surface area contributed by atoms with Crippen molar-refractivity contribution in [2.75, 3.05) is 6.54 Å². The van der Waals surface area contributed by atoms with Crippen LogP contribution in [0.15, 0.2) is 36.4 Å². The standard InChI is InChI=1S/C18H20N2OS/c1-11-3-2-4-12(7-11)16-5-6-17(22-16)18(21)20-15-9-14-8-13(15)10-19-14/h2-7,13-15,19H,8-10H2,1H3,(H,20,21). The first-order chi connectivity index (χ1) is 10.7. The normalized spacial score (nSPS) is 26.3. The van der Waals surface area contributed by atoms with Crippen molar-refractivity contribution < 1.29 is 4.79 Å². The molecule has 2 N–H and O–H groups in total. The predicted molar refractivity (Wildman–Crippen MR) is 90.3 cm³/mol. The summed E-state index contributed by atoms with van der Waals surface area (Å²) in [5, 5.41) is 6.72. The molecule has 1 saturated carbocycles. The molecule has 4 heteroatoms. The highest BCUT2D eigenvalue weighted by Crippen LogP contribution is 2.32. The molecule has 1 aliphatic heterocycles. The van der Waals surface area contributed by atoms with Gasteiger partial charge in [-0.25, -0.2) is 0 Å². The zero-order valence-electron chi connectivity index (χ0n) is 12.6. The highest BCUT2D eigenvalue weighted by molar-refractivity contribution is 7.17. The fourth-order valence-corrected chi connectivity index (χ4v) is 4.57. The smallest absolute Gasteiger partial charge is 0.261 e. The van der Waals surface area contributed by atoms with Crippen molar-refractivity contribution in [3.63, 3.8) is 0 Å². The number of thiophene rings is 1. The van der Waals surface area contributed by atoms with Crippen molar-refractivity contribution in [1.29, 1.82) is 0 Å². The zero-order chi connectivity index (χ0) is 15.1. The van der Waals surface area contributed by atoms with Crippen LogP contribution >= 0.6 is 11.3 Å². The highest BCUT2D eigenvalue weighted by atomic mass is 32.1. The summed E-state index contributed by atoms with van der Waals surface area (Å²) in [4.78, 5) is 14.4. The molecule has 1 aliphatic carbocycles. The molecule has 4 rings (SSSR count). The Morgan fingerprint density at radius 2 is 2.18 bits per heavy atom. The molecule has 3 atom stereocenters. The minimum absolute atomic E-state index is 0.0847. The van der Waals surface area contributed by atoms with Gasteiger partial charge in [-0.05, 0) is 43.4 Å². The van der Waals surface area contributed by atoms with Crippen LogP contribution in [-0.2, 0) is 0 Å². The van der Waals surface area contributed by atoms with E-state index >= 15 is 0 Å². The molecule has 1 aromatic heterocycles. The maximum Gasteiger partial charge on any atom is 0.261 e. The number of amides is 1. The number of aryl methyl sites for hydroxylation is 1. The fraction of sp³-hybridized carbons (Fsp3) is 0.389. The third kappa shape index (κ3) is 2.57. The van der Waals surface area contributed by atoms with Crippen LogP contribution in [0.1, 0.15) is 28.1 Å². The van der Waals surface area contributed by atoms with Gasteiger partial charge in [0.1, 0.15) is 0 Å². The molecular formula is C18H20N2OS. The van der Waals surface area contributed by atoms with Crippen molar-refractivity contribution in [3.8, 4) is 10.4 Å². The number of fused-ring (bicyclic) bond motifs is 2. The molecule has 1 saturated heterocycles. The number of rotatable bonds is 3. The highest BCUT2D eigenvalue weighted by Gasteiger charge is 2.40. The van der Waals surface area contributed by atoms with Crippen LogP contribution in [0.5, 0.6) is 0 Å². The molecule has 3 nitrogen and oxygen atoms in total. The summed E-state index contributed by atoms with van der Waals surface area (Å²) in [6.07, 6.45) is 2.29. The molecule has 2 bridgehead atoms. The molecule has 22 heavy (non-hydrogen) atoms. The van der Waals surface area contributed by atoms with Gasteiger partial charge in [-0.15, -0.1) is 11.3 Å². The molecule has 0 radical (unpaired) electrons. The summed E-state index contributed by atoms with van der Waals surface area (Å²) in [6, 6.07) is 13.4. The molecule has 0 spiro atoms. The van der Waals surface area contributed by atoms with Gasteiger partial charge in [0, 0.05) is 23.5 Å². The Labute approximate surface area is 134 Å². The SMILES string of the molecule is Cc1cccc(-c2ccc(C(=O)NC3CC4CC3CN4)s2)c1. The maximum absolute atomic E-state index is 12.5. The summed E-state index contributed by atoms with van der Waals surface area (Å²) >= 11 is 1.58. The number of carbonyl (C=O) groups is 1. The van der Waals surface area contributed by atoms with Gasteiger partial charge in [-0.2, -0.15) is 0 Å². The number of carbonyl (C=O) groups excluding carboxylic acids is 1. The first kappa shape index (κ1) is 14.0. The van der Waals surface area contributed by atoms with E-state index in [4.69, 9.17) is 0 Å². The zero-order valence-corrected chi connectivity index (χ0v) is 13.5. The number of hydrogen-bond acceptors (Lipinski definition) is 3. The lowest BCUT2D eigenvalue weighted by Gasteiger charge is -2.23. The summed E-state index contributed by atoms with van der Waals surface area (Å²) in [5.41, 5.74) is 2.43. The Morgan fingerprint density at radius 3 is 2.91 bits per heavy atom. The molecule has 1 amide bonds. The number of hydrogen-bond donors (Lipinski definition) is 2. The minimum atomic E-state index is 0.0847. The lowest BCUT2D eigenvalue weighted by Crippen LogP contribution is -2.43. The summed E-state index contributed by atoms with van der Waals surface area (Å²) in [6.45, 7) is 3.14. The van der Waals surface area contributed by atoms with Gasteiger partial charge in [-0.1, -0.05) is 29.8 Å².